The molecule has 0 atom stereocenters. The van der Waals surface area contributed by atoms with Gasteiger partial charge in [-0.05, 0) is 6.37 Å². The van der Waals surface area contributed by atoms with Crippen LogP contribution in [0.4, 0.5) is 0 Å². The third-order valence-corrected chi connectivity index (χ3v) is 1.71. The summed E-state index contributed by atoms with van der Waals surface area (Å²) in [5.41, 5.74) is 0. The van der Waals surface area contributed by atoms with Crippen LogP contribution in [0.5, 0.6) is 0 Å². The fourth-order valence-corrected chi connectivity index (χ4v) is 0.941. The lowest BCUT2D eigenvalue weighted by Crippen LogP contribution is -3.00. The Kier molecular flexibility index (Phi) is 2.77. The van der Waals surface area contributed by atoms with E-state index in [1.807, 2.05) is 0 Å². The van der Waals surface area contributed by atoms with E-state index in [0.29, 0.717) is 4.57 Å². The largest absolute Gasteiger partial charge is 1.00 e. The second-order valence-corrected chi connectivity index (χ2v) is 3.14. The first-order valence-corrected chi connectivity index (χ1v) is 5.82. The highest BCUT2D eigenvalue weighted by molar-refractivity contribution is 4.83. The Hall–Kier alpha value is -0.370. The van der Waals surface area contributed by atoms with Gasteiger partial charge >= 0.3 is 0 Å². The minimum atomic E-state index is -5.13. The molecule has 0 saturated carbocycles. The molecule has 1 rings (SSSR count). The van der Waals surface area contributed by atoms with Crippen molar-refractivity contribution in [2.24, 2.45) is 0 Å². The molecule has 0 unspecified atom stereocenters. The van der Waals surface area contributed by atoms with Crippen molar-refractivity contribution in [3.63, 3.8) is 0 Å². The zero-order valence-corrected chi connectivity index (χ0v) is 13.3. The average Bonchev–Trinajstić information content (AvgIpc) is 2.99. The van der Waals surface area contributed by atoms with Gasteiger partial charge in [0.05, 0.1) is 0 Å². The van der Waals surface area contributed by atoms with Crippen LogP contribution in [-0.4, -0.2) is 0 Å². The molecule has 0 aliphatic rings. The Morgan fingerprint density at radius 3 is 1.57 bits per heavy atom. The van der Waals surface area contributed by atoms with Crippen molar-refractivity contribution in [3.05, 3.63) is 30.6 Å². The maximum absolute atomic E-state index is 8.31. The van der Waals surface area contributed by atoms with Gasteiger partial charge in [-0.3, -0.25) is 0 Å². The minimum Gasteiger partial charge on any atom is -1.00 e. The summed E-state index contributed by atoms with van der Waals surface area (Å²) in [6, 6.07) is 3.58. The maximum Gasteiger partial charge on any atom is 0.168 e. The minimum absolute atomic E-state index is 0. The summed E-state index contributed by atoms with van der Waals surface area (Å²) >= 11 is 0. The summed E-state index contributed by atoms with van der Waals surface area (Å²) < 4.78 is 267. The van der Waals surface area contributed by atoms with Gasteiger partial charge in [-0.2, -0.15) is 0 Å². The molecule has 134 valence electrons. The molecule has 0 amide bonds. The lowest BCUT2D eigenvalue weighted by molar-refractivity contribution is -0.697. The van der Waals surface area contributed by atoms with E-state index in [2.05, 4.69) is 0 Å². The van der Waals surface area contributed by atoms with E-state index in [-0.39, 0.29) is 17.0 Å². The van der Waals surface area contributed by atoms with Crippen LogP contribution >= 0.6 is 0 Å². The number of aromatic nitrogens is 1. The van der Waals surface area contributed by atoms with E-state index in [4.69, 9.17) is 45.2 Å². The molecular formula is C21H38BrN. The van der Waals surface area contributed by atoms with Gasteiger partial charge in [-0.25, -0.2) is 4.57 Å². The number of rotatable bonds is 15. The lowest BCUT2D eigenvalue weighted by atomic mass is 10.0. The highest BCUT2D eigenvalue weighted by Gasteiger charge is 1.98. The second-order valence-electron chi connectivity index (χ2n) is 3.14. The summed E-state index contributed by atoms with van der Waals surface area (Å²) in [4.78, 5) is 0. The van der Waals surface area contributed by atoms with Crippen LogP contribution in [0.3, 0.4) is 0 Å². The Morgan fingerprint density at radius 2 is 1.09 bits per heavy atom. The Balaban J connectivity index is 0.0000302. The standard InChI is InChI=1S/C21H38N.BrH/c1-2-3-4-5-6-7-8-9-10-11-12-13-14-16-19-22-20-17-15-18-21-22;/h15,17-18,20-21H,2-14,16,19H2,1H3;1H/q+1;/p-1/i1D3,2D2,3D2,4D2,5D2,6D2,7D2,8D2,9D2,10D2,11D2,12D2,13D2,14D2,16D2,19D2;. The SMILES string of the molecule is [2H]C([2H])([2H])C([2H])([2H])C([2H])([2H])C([2H])([2H])C([2H])([2H])C([2H])([2H])C([2H])([2H])C([2H])([2H])C([2H])([2H])C([2H])([2H])C([2H])([2H])C([2H])([2H])C([2H])([2H])C([2H])([2H])C([2H])([2H])C([2H])([2H])[n+]1ccccc1.[Br-]. The van der Waals surface area contributed by atoms with Crippen LogP contribution in [0.1, 0.15) is 141 Å². The van der Waals surface area contributed by atoms with Crippen molar-refractivity contribution in [1.29, 1.82) is 0 Å². The zero-order chi connectivity index (χ0) is 45.1. The quantitative estimate of drug-likeness (QED) is 0.385. The van der Waals surface area contributed by atoms with E-state index in [9.17, 15) is 0 Å². The molecule has 1 nitrogen and oxygen atoms in total. The van der Waals surface area contributed by atoms with Crippen LogP contribution in [0.25, 0.3) is 0 Å². The number of pyridine rings is 1. The average molecular weight is 418 g/mol. The normalized spacial score (nSPS) is 41.7. The zero-order valence-electron chi connectivity index (χ0n) is 44.7. The predicted octanol–water partition coefficient (Wildman–Crippen LogP) is 3.46. The molecule has 1 aromatic heterocycles. The first-order chi connectivity index (χ1) is 23.4. The van der Waals surface area contributed by atoms with Crippen molar-refractivity contribution in [2.45, 2.75) is 103 Å². The molecule has 1 aromatic rings. The number of halogens is 1. The van der Waals surface area contributed by atoms with Gasteiger partial charge in [0.15, 0.2) is 12.4 Å². The molecule has 0 N–H and O–H groups in total. The van der Waals surface area contributed by atoms with Crippen LogP contribution in [0, 0.1) is 0 Å². The van der Waals surface area contributed by atoms with Crippen molar-refractivity contribution in [3.8, 4) is 0 Å². The maximum atomic E-state index is 8.31. The molecule has 0 aliphatic carbocycles. The molecule has 0 aromatic carbocycles. The van der Waals surface area contributed by atoms with Crippen molar-refractivity contribution < 1.29 is 66.8 Å². The second kappa shape index (κ2) is 18.0. The molecular weight excluding hydrogens is 346 g/mol. The summed E-state index contributed by atoms with van der Waals surface area (Å²) in [5, 5.41) is 0. The number of nitrogens with zero attached hydrogens (tertiary/aromatic N) is 1. The molecule has 0 bridgehead atoms. The molecule has 0 spiro atoms. The van der Waals surface area contributed by atoms with Gasteiger partial charge in [0.25, 0.3) is 0 Å². The molecule has 2 heteroatoms. The monoisotopic (exact) mass is 416 g/mol. The van der Waals surface area contributed by atoms with E-state index >= 15 is 0 Å². The first-order valence-electron chi connectivity index (χ1n) is 22.3. The van der Waals surface area contributed by atoms with Gasteiger partial charge in [0.2, 0.25) is 0 Å². The molecule has 23 heavy (non-hydrogen) atoms. The third-order valence-electron chi connectivity index (χ3n) is 1.71. The number of aryl methyl sites for hydroxylation is 1. The molecule has 0 aliphatic heterocycles. The summed E-state index contributed by atoms with van der Waals surface area (Å²) in [7, 11) is 0. The van der Waals surface area contributed by atoms with Crippen molar-refractivity contribution >= 4 is 0 Å². The Labute approximate surface area is 202 Å². The summed E-state index contributed by atoms with van der Waals surface area (Å²) in [6.45, 7) is -7.76. The smallest absolute Gasteiger partial charge is 0.168 e. The van der Waals surface area contributed by atoms with E-state index < -0.39 is 103 Å². The van der Waals surface area contributed by atoms with Crippen LogP contribution in [0.2, 0.25) is 0 Å². The Morgan fingerprint density at radius 1 is 0.652 bits per heavy atom. The molecule has 0 radical (unpaired) electrons. The fourth-order valence-electron chi connectivity index (χ4n) is 0.941. The topological polar surface area (TPSA) is 3.88 Å². The molecule has 1 heterocycles. The Bertz CT molecular complexity index is 1540. The van der Waals surface area contributed by atoms with Crippen LogP contribution in [0.15, 0.2) is 30.6 Å². The van der Waals surface area contributed by atoms with Gasteiger partial charge < -0.3 is 17.0 Å². The highest BCUT2D eigenvalue weighted by atomic mass is 79.9. The number of hydrogen-bond acceptors (Lipinski definition) is 0. The van der Waals surface area contributed by atoms with Crippen LogP contribution < -0.4 is 21.5 Å². The third kappa shape index (κ3) is 14.9. The van der Waals surface area contributed by atoms with E-state index in [1.165, 1.54) is 6.07 Å². The van der Waals surface area contributed by atoms with Gasteiger partial charge in [-0.15, -0.1) is 0 Å². The molecule has 0 saturated heterocycles. The first kappa shape index (κ1) is 3.55. The predicted molar refractivity (Wildman–Crippen MR) is 96.9 cm³/mol. The van der Waals surface area contributed by atoms with Crippen LogP contribution in [-0.2, 0) is 6.50 Å². The summed E-state index contributed by atoms with van der Waals surface area (Å²) in [5.74, 6) is 0. The van der Waals surface area contributed by atoms with Gasteiger partial charge in [-0.1, -0.05) is 89.4 Å². The van der Waals surface area contributed by atoms with Gasteiger partial charge in [0, 0.05) is 61.0 Å². The highest BCUT2D eigenvalue weighted by Crippen LogP contribution is 2.12. The van der Waals surface area contributed by atoms with Crippen molar-refractivity contribution in [2.75, 3.05) is 0 Å². The summed E-state index contributed by atoms with van der Waals surface area (Å²) in [6.07, 6.45) is -66.3. The van der Waals surface area contributed by atoms with Crippen molar-refractivity contribution in [1.82, 2.24) is 0 Å². The van der Waals surface area contributed by atoms with Gasteiger partial charge in [0.1, 0.15) is 9.24 Å². The number of hydrogen-bond donors (Lipinski definition) is 0. The van der Waals surface area contributed by atoms with E-state index in [0.717, 1.165) is 24.5 Å². The van der Waals surface area contributed by atoms with E-state index in [1.54, 1.807) is 0 Å². The molecule has 0 fully saturated rings. The fraction of sp³-hybridized carbons (Fsp3) is 0.762. The lowest BCUT2D eigenvalue weighted by Gasteiger charge is -2.02.